The number of hydrogen-bond donors (Lipinski definition) is 0. The van der Waals surface area contributed by atoms with E-state index in [0.717, 1.165) is 17.2 Å². The molecular weight excluding hydrogens is 328 g/mol. The quantitative estimate of drug-likeness (QED) is 0.567. The van der Waals surface area contributed by atoms with E-state index < -0.39 is 16.6 Å². The van der Waals surface area contributed by atoms with E-state index in [2.05, 4.69) is 52.5 Å². The van der Waals surface area contributed by atoms with Gasteiger partial charge in [0.25, 0.3) is 8.32 Å². The van der Waals surface area contributed by atoms with Gasteiger partial charge in [0.2, 0.25) is 8.32 Å². The Bertz CT molecular complexity index is 636. The Labute approximate surface area is 149 Å². The number of benzene rings is 2. The van der Waals surface area contributed by atoms with Crippen LogP contribution in [-0.4, -0.2) is 16.6 Å². The highest BCUT2D eigenvalue weighted by atomic mass is 28.4. The van der Waals surface area contributed by atoms with Crippen molar-refractivity contribution in [3.8, 4) is 11.5 Å². The zero-order valence-corrected chi connectivity index (χ0v) is 17.8. The van der Waals surface area contributed by atoms with Crippen LogP contribution >= 0.6 is 0 Å². The molecule has 0 aliphatic heterocycles. The summed E-state index contributed by atoms with van der Waals surface area (Å²) in [6, 6.07) is 20.4. The third-order valence-corrected chi connectivity index (χ3v) is 15.3. The summed E-state index contributed by atoms with van der Waals surface area (Å²) in [7, 11) is -3.95. The molecule has 0 aliphatic rings. The van der Waals surface area contributed by atoms with Gasteiger partial charge in [0.15, 0.2) is 0 Å². The second-order valence-corrected chi connectivity index (χ2v) is 17.6. The Morgan fingerprint density at radius 3 is 1.54 bits per heavy atom. The Morgan fingerprint density at radius 1 is 0.708 bits per heavy atom. The molecule has 4 heteroatoms. The summed E-state index contributed by atoms with van der Waals surface area (Å²) in [6.45, 7) is 13.8. The highest BCUT2D eigenvalue weighted by molar-refractivity contribution is 6.92. The van der Waals surface area contributed by atoms with Crippen LogP contribution in [0.15, 0.2) is 60.7 Å². The van der Waals surface area contributed by atoms with Crippen molar-refractivity contribution in [1.29, 1.82) is 0 Å². The van der Waals surface area contributed by atoms with Gasteiger partial charge in [-0.15, -0.1) is 0 Å². The fourth-order valence-corrected chi connectivity index (χ4v) is 13.8. The zero-order chi connectivity index (χ0) is 17.8. The van der Waals surface area contributed by atoms with Crippen LogP contribution in [0.4, 0.5) is 0 Å². The SMILES string of the molecule is CC(C)(C)[Si](C)(C[Si](C)(C)Oc1ccccc1)Oc1ccccc1. The van der Waals surface area contributed by atoms with Gasteiger partial charge in [0.1, 0.15) is 11.5 Å². The summed E-state index contributed by atoms with van der Waals surface area (Å²) in [5, 5.41) is 0.132. The molecule has 0 fully saturated rings. The molecule has 24 heavy (non-hydrogen) atoms. The molecule has 0 amide bonds. The number of rotatable bonds is 6. The maximum absolute atomic E-state index is 6.63. The monoisotopic (exact) mass is 358 g/mol. The van der Waals surface area contributed by atoms with E-state index >= 15 is 0 Å². The molecule has 0 bridgehead atoms. The van der Waals surface area contributed by atoms with E-state index in [0.29, 0.717) is 0 Å². The van der Waals surface area contributed by atoms with Gasteiger partial charge in [-0.25, -0.2) is 0 Å². The lowest BCUT2D eigenvalue weighted by Gasteiger charge is -2.43. The van der Waals surface area contributed by atoms with Crippen molar-refractivity contribution in [2.75, 3.05) is 0 Å². The highest BCUT2D eigenvalue weighted by Gasteiger charge is 2.49. The van der Waals surface area contributed by atoms with Crippen LogP contribution in [0.1, 0.15) is 20.8 Å². The van der Waals surface area contributed by atoms with E-state index in [9.17, 15) is 0 Å². The minimum absolute atomic E-state index is 0.132. The Hall–Kier alpha value is -1.53. The molecule has 2 aromatic rings. The van der Waals surface area contributed by atoms with E-state index in [1.807, 2.05) is 48.5 Å². The molecule has 0 heterocycles. The first kappa shape index (κ1) is 18.8. The molecule has 0 N–H and O–H groups in total. The lowest BCUT2D eigenvalue weighted by atomic mass is 10.2. The van der Waals surface area contributed by atoms with Gasteiger partial charge in [-0.05, 0) is 48.9 Å². The molecule has 2 nitrogen and oxygen atoms in total. The maximum atomic E-state index is 6.63. The summed E-state index contributed by atoms with van der Waals surface area (Å²) in [5.41, 5.74) is 1.05. The maximum Gasteiger partial charge on any atom is 0.254 e. The first-order valence-electron chi connectivity index (χ1n) is 8.59. The predicted molar refractivity (Wildman–Crippen MR) is 108 cm³/mol. The third kappa shape index (κ3) is 4.98. The third-order valence-electron chi connectivity index (χ3n) is 4.57. The van der Waals surface area contributed by atoms with E-state index in [-0.39, 0.29) is 5.04 Å². The molecule has 0 saturated heterocycles. The molecule has 0 aromatic heterocycles. The summed E-state index contributed by atoms with van der Waals surface area (Å²) < 4.78 is 13.1. The van der Waals surface area contributed by atoms with Crippen LogP contribution in [0.3, 0.4) is 0 Å². The van der Waals surface area contributed by atoms with Crippen LogP contribution in [0.25, 0.3) is 0 Å². The average Bonchev–Trinajstić information content (AvgIpc) is 2.46. The van der Waals surface area contributed by atoms with Crippen LogP contribution in [-0.2, 0) is 0 Å². The minimum atomic E-state index is -2.04. The van der Waals surface area contributed by atoms with Crippen LogP contribution in [0.2, 0.25) is 30.3 Å². The highest BCUT2D eigenvalue weighted by Crippen LogP contribution is 2.42. The molecule has 0 radical (unpaired) electrons. The van der Waals surface area contributed by atoms with Crippen molar-refractivity contribution in [1.82, 2.24) is 0 Å². The smallest absolute Gasteiger partial charge is 0.254 e. The first-order valence-corrected chi connectivity index (χ1v) is 14.3. The standard InChI is InChI=1S/C20H30O2Si2/c1-20(2,3)24(6,22-19-15-11-8-12-16-19)17-23(4,5)21-18-13-9-7-10-14-18/h7-16H,17H2,1-6H3. The van der Waals surface area contributed by atoms with Crippen molar-refractivity contribution >= 4 is 16.6 Å². The van der Waals surface area contributed by atoms with Crippen molar-refractivity contribution in [2.45, 2.75) is 51.1 Å². The second-order valence-electron chi connectivity index (χ2n) is 8.25. The minimum Gasteiger partial charge on any atom is -0.544 e. The molecule has 2 aromatic carbocycles. The van der Waals surface area contributed by atoms with Crippen molar-refractivity contribution < 1.29 is 8.85 Å². The molecule has 0 spiro atoms. The van der Waals surface area contributed by atoms with Gasteiger partial charge < -0.3 is 8.85 Å². The molecule has 0 aliphatic carbocycles. The van der Waals surface area contributed by atoms with Gasteiger partial charge >= 0.3 is 0 Å². The second kappa shape index (κ2) is 7.15. The zero-order valence-electron chi connectivity index (χ0n) is 15.8. The first-order chi connectivity index (χ1) is 11.1. The molecule has 0 saturated carbocycles. The summed E-state index contributed by atoms with van der Waals surface area (Å²) in [5.74, 6) is 1.95. The van der Waals surface area contributed by atoms with Crippen LogP contribution < -0.4 is 8.85 Å². The largest absolute Gasteiger partial charge is 0.544 e. The molecule has 1 atom stereocenters. The average molecular weight is 359 g/mol. The van der Waals surface area contributed by atoms with Crippen molar-refractivity contribution in [3.05, 3.63) is 60.7 Å². The summed E-state index contributed by atoms with van der Waals surface area (Å²) >= 11 is 0. The molecule has 2 rings (SSSR count). The Kier molecular flexibility index (Phi) is 5.61. The van der Waals surface area contributed by atoms with E-state index in [1.165, 1.54) is 0 Å². The summed E-state index contributed by atoms with van der Waals surface area (Å²) in [6.07, 6.45) is 0. The van der Waals surface area contributed by atoms with Crippen LogP contribution in [0, 0.1) is 0 Å². The number of para-hydroxylation sites is 2. The molecular formula is C20H30O2Si2. The van der Waals surface area contributed by atoms with Gasteiger partial charge in [0.05, 0.1) is 0 Å². The fourth-order valence-electron chi connectivity index (χ4n) is 2.86. The van der Waals surface area contributed by atoms with Crippen molar-refractivity contribution in [2.24, 2.45) is 0 Å². The topological polar surface area (TPSA) is 18.5 Å². The van der Waals surface area contributed by atoms with Gasteiger partial charge in [-0.2, -0.15) is 0 Å². The summed E-state index contributed by atoms with van der Waals surface area (Å²) in [4.78, 5) is 0. The normalized spacial score (nSPS) is 14.8. The van der Waals surface area contributed by atoms with Gasteiger partial charge in [-0.1, -0.05) is 57.2 Å². The van der Waals surface area contributed by atoms with Crippen molar-refractivity contribution in [3.63, 3.8) is 0 Å². The fraction of sp³-hybridized carbons (Fsp3) is 0.400. The van der Waals surface area contributed by atoms with Gasteiger partial charge in [-0.3, -0.25) is 0 Å². The Balaban J connectivity index is 2.21. The molecule has 130 valence electrons. The number of hydrogen-bond acceptors (Lipinski definition) is 2. The van der Waals surface area contributed by atoms with E-state index in [4.69, 9.17) is 8.85 Å². The van der Waals surface area contributed by atoms with E-state index in [1.54, 1.807) is 0 Å². The van der Waals surface area contributed by atoms with Gasteiger partial charge in [0, 0.05) is 5.67 Å². The lowest BCUT2D eigenvalue weighted by Crippen LogP contribution is -2.55. The van der Waals surface area contributed by atoms with Crippen LogP contribution in [0.5, 0.6) is 11.5 Å². The lowest BCUT2D eigenvalue weighted by molar-refractivity contribution is 0.479. The predicted octanol–water partition coefficient (Wildman–Crippen LogP) is 6.26. The Morgan fingerprint density at radius 2 is 1.12 bits per heavy atom. The molecule has 1 unspecified atom stereocenters.